The van der Waals surface area contributed by atoms with E-state index in [0.29, 0.717) is 24.8 Å². The third-order valence-electron chi connectivity index (χ3n) is 6.00. The maximum atomic E-state index is 12.7. The molecule has 1 aliphatic rings. The molecule has 1 unspecified atom stereocenters. The zero-order chi connectivity index (χ0) is 22.3. The van der Waals surface area contributed by atoms with Crippen LogP contribution in [0.5, 0.6) is 0 Å². The topological polar surface area (TPSA) is 71.3 Å². The fourth-order valence-corrected chi connectivity index (χ4v) is 4.34. The largest absolute Gasteiger partial charge is 0.356 e. The van der Waals surface area contributed by atoms with Crippen molar-refractivity contribution in [1.29, 1.82) is 0 Å². The van der Waals surface area contributed by atoms with Crippen LogP contribution in [0.2, 0.25) is 0 Å². The van der Waals surface area contributed by atoms with Gasteiger partial charge in [0.1, 0.15) is 0 Å². The van der Waals surface area contributed by atoms with Crippen LogP contribution in [0.3, 0.4) is 0 Å². The van der Waals surface area contributed by atoms with Crippen LogP contribution in [0.4, 0.5) is 0 Å². The Morgan fingerprint density at radius 3 is 2.78 bits per heavy atom. The van der Waals surface area contributed by atoms with Gasteiger partial charge in [-0.3, -0.25) is 9.69 Å². The van der Waals surface area contributed by atoms with Crippen LogP contribution in [0.15, 0.2) is 53.1 Å². The van der Waals surface area contributed by atoms with E-state index in [4.69, 9.17) is 4.52 Å². The molecule has 1 fully saturated rings. The van der Waals surface area contributed by atoms with Crippen molar-refractivity contribution < 1.29 is 9.32 Å². The van der Waals surface area contributed by atoms with Crippen LogP contribution in [0, 0.1) is 19.8 Å². The Hall–Kier alpha value is -2.99. The van der Waals surface area contributed by atoms with Crippen molar-refractivity contribution in [3.05, 3.63) is 71.1 Å². The number of nitrogens with one attached hydrogen (secondary N) is 1. The van der Waals surface area contributed by atoms with E-state index in [0.717, 1.165) is 49.9 Å². The lowest BCUT2D eigenvalue weighted by Gasteiger charge is -2.30. The van der Waals surface area contributed by atoms with Crippen molar-refractivity contribution in [1.82, 2.24) is 20.4 Å². The molecule has 0 aliphatic carbocycles. The van der Waals surface area contributed by atoms with Crippen LogP contribution in [0.25, 0.3) is 11.4 Å². The minimum Gasteiger partial charge on any atom is -0.356 e. The third kappa shape index (κ3) is 6.04. The number of carbonyl (C=O) groups excluding carboxylic acids is 1. The zero-order valence-electron chi connectivity index (χ0n) is 19.0. The maximum absolute atomic E-state index is 12.7. The van der Waals surface area contributed by atoms with Gasteiger partial charge in [-0.15, -0.1) is 0 Å². The van der Waals surface area contributed by atoms with E-state index in [1.165, 1.54) is 11.1 Å². The average Bonchev–Trinajstić information content (AvgIpc) is 3.25. The number of rotatable bonds is 8. The Balaban J connectivity index is 1.24. The minimum absolute atomic E-state index is 0.0156. The van der Waals surface area contributed by atoms with E-state index in [1.54, 1.807) is 0 Å². The first-order chi connectivity index (χ1) is 15.6. The molecule has 1 N–H and O–H groups in total. The summed E-state index contributed by atoms with van der Waals surface area (Å²) < 4.78 is 5.48. The molecule has 0 radical (unpaired) electrons. The van der Waals surface area contributed by atoms with Gasteiger partial charge in [0, 0.05) is 18.7 Å². The molecule has 0 saturated carbocycles. The van der Waals surface area contributed by atoms with Gasteiger partial charge >= 0.3 is 0 Å². The lowest BCUT2D eigenvalue weighted by atomic mass is 9.97. The Morgan fingerprint density at radius 2 is 1.97 bits per heavy atom. The fraction of sp³-hybridized carbons (Fsp3) is 0.423. The van der Waals surface area contributed by atoms with E-state index < -0.39 is 0 Å². The summed E-state index contributed by atoms with van der Waals surface area (Å²) in [6.07, 6.45) is 3.87. The van der Waals surface area contributed by atoms with Gasteiger partial charge in [-0.25, -0.2) is 0 Å². The van der Waals surface area contributed by atoms with Gasteiger partial charge < -0.3 is 9.84 Å². The molecule has 0 spiro atoms. The summed E-state index contributed by atoms with van der Waals surface area (Å²) >= 11 is 0. The first-order valence-electron chi connectivity index (χ1n) is 11.5. The standard InChI is InChI=1S/C26H32N4O2/c1-19-7-3-9-21(15-19)10-5-13-27-26(31)23-12-6-14-30(17-23)18-24-28-25(29-32-24)22-11-4-8-20(2)16-22/h3-4,7-9,11,15-16,23H,5-6,10,12-14,17-18H2,1-2H3,(H,27,31). The predicted octanol–water partition coefficient (Wildman–Crippen LogP) is 4.31. The number of hydrogen-bond donors (Lipinski definition) is 1. The fourth-order valence-electron chi connectivity index (χ4n) is 4.34. The number of benzene rings is 2. The predicted molar refractivity (Wildman–Crippen MR) is 125 cm³/mol. The summed E-state index contributed by atoms with van der Waals surface area (Å²) in [6, 6.07) is 16.6. The Kier molecular flexibility index (Phi) is 7.32. The van der Waals surface area contributed by atoms with Crippen LogP contribution in [-0.2, 0) is 17.8 Å². The summed E-state index contributed by atoms with van der Waals surface area (Å²) in [4.78, 5) is 19.5. The highest BCUT2D eigenvalue weighted by Gasteiger charge is 2.26. The second-order valence-corrected chi connectivity index (χ2v) is 8.84. The lowest BCUT2D eigenvalue weighted by Crippen LogP contribution is -2.43. The highest BCUT2D eigenvalue weighted by molar-refractivity contribution is 5.78. The molecule has 6 nitrogen and oxygen atoms in total. The van der Waals surface area contributed by atoms with Gasteiger partial charge in [-0.05, 0) is 57.7 Å². The third-order valence-corrected chi connectivity index (χ3v) is 6.00. The molecule has 1 aliphatic heterocycles. The van der Waals surface area contributed by atoms with Gasteiger partial charge in [0.05, 0.1) is 12.5 Å². The van der Waals surface area contributed by atoms with Crippen molar-refractivity contribution in [2.75, 3.05) is 19.6 Å². The molecule has 0 bridgehead atoms. The number of aryl methyl sites for hydroxylation is 3. The number of aromatic nitrogens is 2. The lowest BCUT2D eigenvalue weighted by molar-refractivity contribution is -0.126. The molecule has 6 heteroatoms. The monoisotopic (exact) mass is 432 g/mol. The summed E-state index contributed by atoms with van der Waals surface area (Å²) in [5.41, 5.74) is 4.73. The normalized spacial score (nSPS) is 16.8. The van der Waals surface area contributed by atoms with Crippen molar-refractivity contribution in [3.8, 4) is 11.4 Å². The molecule has 32 heavy (non-hydrogen) atoms. The van der Waals surface area contributed by atoms with E-state index >= 15 is 0 Å². The van der Waals surface area contributed by atoms with E-state index in [9.17, 15) is 4.79 Å². The quantitative estimate of drug-likeness (QED) is 0.537. The smallest absolute Gasteiger partial charge is 0.241 e. The Bertz CT molecular complexity index is 1050. The second kappa shape index (κ2) is 10.6. The molecular weight excluding hydrogens is 400 g/mol. The highest BCUT2D eigenvalue weighted by Crippen LogP contribution is 2.21. The number of piperidine rings is 1. The number of amides is 1. The minimum atomic E-state index is 0.0156. The molecule has 1 aromatic heterocycles. The zero-order valence-corrected chi connectivity index (χ0v) is 19.0. The van der Waals surface area contributed by atoms with Crippen molar-refractivity contribution >= 4 is 5.91 Å². The molecule has 168 valence electrons. The van der Waals surface area contributed by atoms with Crippen molar-refractivity contribution in [3.63, 3.8) is 0 Å². The van der Waals surface area contributed by atoms with Gasteiger partial charge in [-0.1, -0.05) is 58.7 Å². The maximum Gasteiger partial charge on any atom is 0.241 e. The number of hydrogen-bond acceptors (Lipinski definition) is 5. The van der Waals surface area contributed by atoms with E-state index in [-0.39, 0.29) is 11.8 Å². The summed E-state index contributed by atoms with van der Waals surface area (Å²) in [6.45, 7) is 7.12. The van der Waals surface area contributed by atoms with Crippen LogP contribution < -0.4 is 5.32 Å². The first-order valence-corrected chi connectivity index (χ1v) is 11.5. The first kappa shape index (κ1) is 22.2. The molecular formula is C26H32N4O2. The average molecular weight is 433 g/mol. The van der Waals surface area contributed by atoms with Crippen LogP contribution >= 0.6 is 0 Å². The van der Waals surface area contributed by atoms with Crippen LogP contribution in [-0.4, -0.2) is 40.6 Å². The number of likely N-dealkylation sites (tertiary alicyclic amines) is 1. The van der Waals surface area contributed by atoms with Crippen molar-refractivity contribution in [2.24, 2.45) is 5.92 Å². The number of nitrogens with zero attached hydrogens (tertiary/aromatic N) is 3. The molecule has 4 rings (SSSR count). The second-order valence-electron chi connectivity index (χ2n) is 8.84. The highest BCUT2D eigenvalue weighted by atomic mass is 16.5. The molecule has 2 heterocycles. The van der Waals surface area contributed by atoms with E-state index in [2.05, 4.69) is 57.6 Å². The van der Waals surface area contributed by atoms with Gasteiger partial charge in [0.15, 0.2) is 0 Å². The van der Waals surface area contributed by atoms with Crippen molar-refractivity contribution in [2.45, 2.75) is 46.1 Å². The number of carbonyl (C=O) groups is 1. The summed E-state index contributed by atoms with van der Waals surface area (Å²) in [5.74, 6) is 1.39. The Labute approximate surface area is 190 Å². The molecule has 1 saturated heterocycles. The van der Waals surface area contributed by atoms with Gasteiger partial charge in [0.2, 0.25) is 17.6 Å². The molecule has 1 amide bonds. The van der Waals surface area contributed by atoms with Gasteiger partial charge in [0.25, 0.3) is 0 Å². The summed E-state index contributed by atoms with van der Waals surface area (Å²) in [5, 5.41) is 7.27. The SMILES string of the molecule is Cc1cccc(CCCNC(=O)C2CCCN(Cc3nc(-c4cccc(C)c4)no3)C2)c1. The molecule has 1 atom stereocenters. The Morgan fingerprint density at radius 1 is 1.16 bits per heavy atom. The van der Waals surface area contributed by atoms with Gasteiger partial charge in [-0.2, -0.15) is 4.98 Å². The molecule has 2 aromatic carbocycles. The van der Waals surface area contributed by atoms with E-state index in [1.807, 2.05) is 25.1 Å². The van der Waals surface area contributed by atoms with Crippen LogP contribution in [0.1, 0.15) is 41.8 Å². The summed E-state index contributed by atoms with van der Waals surface area (Å²) in [7, 11) is 0. The molecule has 3 aromatic rings.